The molecule has 0 radical (unpaired) electrons. The van der Waals surface area contributed by atoms with Crippen LogP contribution in [0, 0.1) is 11.8 Å². The van der Waals surface area contributed by atoms with Crippen LogP contribution >= 0.6 is 0 Å². The topological polar surface area (TPSA) is 6.48 Å². The fraction of sp³-hybridized carbons (Fsp3) is 0.889. The predicted octanol–water partition coefficient (Wildman–Crippen LogP) is 3.54. The molecular weight excluding hydrogens is 244 g/mol. The Kier molecular flexibility index (Phi) is 5.17. The molecule has 1 aliphatic carbocycles. The van der Waals surface area contributed by atoms with Crippen molar-refractivity contribution in [2.75, 3.05) is 32.7 Å². The number of hydrogen-bond donors (Lipinski definition) is 0. The van der Waals surface area contributed by atoms with E-state index in [0.717, 1.165) is 17.9 Å². The van der Waals surface area contributed by atoms with Gasteiger partial charge >= 0.3 is 0 Å². The molecule has 114 valence electrons. The van der Waals surface area contributed by atoms with E-state index in [4.69, 9.17) is 0 Å². The first-order chi connectivity index (χ1) is 9.83. The van der Waals surface area contributed by atoms with Gasteiger partial charge in [0.05, 0.1) is 0 Å². The van der Waals surface area contributed by atoms with Crippen LogP contribution in [0.15, 0.2) is 12.2 Å². The van der Waals surface area contributed by atoms with E-state index in [1.807, 2.05) is 0 Å². The zero-order chi connectivity index (χ0) is 13.8. The lowest BCUT2D eigenvalue weighted by Gasteiger charge is -2.39. The van der Waals surface area contributed by atoms with Gasteiger partial charge in [-0.1, -0.05) is 12.2 Å². The molecule has 3 aliphatic rings. The highest BCUT2D eigenvalue weighted by molar-refractivity contribution is 4.91. The Morgan fingerprint density at radius 3 is 2.40 bits per heavy atom. The summed E-state index contributed by atoms with van der Waals surface area (Å²) in [6.07, 6.45) is 14.5. The van der Waals surface area contributed by atoms with Crippen molar-refractivity contribution in [3.05, 3.63) is 12.2 Å². The molecule has 2 aliphatic heterocycles. The SMILES string of the molecule is C[C@H](C1CCN(C[C@H]2CC=CCC2)CC1)N1CCCC1. The zero-order valence-corrected chi connectivity index (χ0v) is 13.3. The van der Waals surface area contributed by atoms with E-state index in [-0.39, 0.29) is 0 Å². The maximum atomic E-state index is 2.75. The summed E-state index contributed by atoms with van der Waals surface area (Å²) in [6.45, 7) is 9.25. The van der Waals surface area contributed by atoms with Gasteiger partial charge in [0.15, 0.2) is 0 Å². The summed E-state index contributed by atoms with van der Waals surface area (Å²) in [7, 11) is 0. The van der Waals surface area contributed by atoms with E-state index < -0.39 is 0 Å². The van der Waals surface area contributed by atoms with Crippen LogP contribution < -0.4 is 0 Å². The van der Waals surface area contributed by atoms with Crippen molar-refractivity contribution in [2.45, 2.75) is 57.9 Å². The third-order valence-electron chi connectivity index (χ3n) is 5.93. The van der Waals surface area contributed by atoms with Gasteiger partial charge in [-0.05, 0) is 89.9 Å². The molecule has 0 aromatic heterocycles. The van der Waals surface area contributed by atoms with E-state index in [0.29, 0.717) is 0 Å². The molecule has 0 saturated carbocycles. The lowest BCUT2D eigenvalue weighted by Crippen LogP contribution is -2.44. The fourth-order valence-corrected chi connectivity index (χ4v) is 4.45. The molecular formula is C18H32N2. The second-order valence-electron chi connectivity index (χ2n) is 7.27. The van der Waals surface area contributed by atoms with Gasteiger partial charge in [-0.15, -0.1) is 0 Å². The maximum absolute atomic E-state index is 2.75. The summed E-state index contributed by atoms with van der Waals surface area (Å²) >= 11 is 0. The highest BCUT2D eigenvalue weighted by atomic mass is 15.2. The Morgan fingerprint density at radius 2 is 1.75 bits per heavy atom. The van der Waals surface area contributed by atoms with Gasteiger partial charge in [0.1, 0.15) is 0 Å². The van der Waals surface area contributed by atoms with E-state index in [1.165, 1.54) is 77.7 Å². The largest absolute Gasteiger partial charge is 0.303 e. The third-order valence-corrected chi connectivity index (χ3v) is 5.93. The Morgan fingerprint density at radius 1 is 1.00 bits per heavy atom. The van der Waals surface area contributed by atoms with Crippen molar-refractivity contribution in [3.8, 4) is 0 Å². The summed E-state index contributed by atoms with van der Waals surface area (Å²) in [6, 6.07) is 0.831. The Bertz CT molecular complexity index is 311. The van der Waals surface area contributed by atoms with Gasteiger partial charge in [-0.25, -0.2) is 0 Å². The Hall–Kier alpha value is -0.340. The van der Waals surface area contributed by atoms with Crippen molar-refractivity contribution in [3.63, 3.8) is 0 Å². The average molecular weight is 276 g/mol. The number of nitrogens with zero attached hydrogens (tertiary/aromatic N) is 2. The van der Waals surface area contributed by atoms with Gasteiger partial charge in [0, 0.05) is 12.6 Å². The minimum atomic E-state index is 0.831. The maximum Gasteiger partial charge on any atom is 0.00961 e. The van der Waals surface area contributed by atoms with Crippen molar-refractivity contribution in [1.82, 2.24) is 9.80 Å². The minimum Gasteiger partial charge on any atom is -0.303 e. The van der Waals surface area contributed by atoms with Gasteiger partial charge in [-0.2, -0.15) is 0 Å². The number of likely N-dealkylation sites (tertiary alicyclic amines) is 2. The van der Waals surface area contributed by atoms with Crippen LogP contribution in [0.2, 0.25) is 0 Å². The molecule has 0 bridgehead atoms. The number of hydrogen-bond acceptors (Lipinski definition) is 2. The quantitative estimate of drug-likeness (QED) is 0.725. The second-order valence-corrected chi connectivity index (χ2v) is 7.27. The minimum absolute atomic E-state index is 0.831. The molecule has 2 saturated heterocycles. The summed E-state index contributed by atoms with van der Waals surface area (Å²) in [4.78, 5) is 5.49. The van der Waals surface area contributed by atoms with Crippen molar-refractivity contribution >= 4 is 0 Å². The smallest absolute Gasteiger partial charge is 0.00961 e. The van der Waals surface area contributed by atoms with Crippen LogP contribution in [0.3, 0.4) is 0 Å². The normalized spacial score (nSPS) is 31.8. The molecule has 2 nitrogen and oxygen atoms in total. The van der Waals surface area contributed by atoms with Gasteiger partial charge < -0.3 is 9.80 Å². The highest BCUT2D eigenvalue weighted by Gasteiger charge is 2.29. The summed E-state index contributed by atoms with van der Waals surface area (Å²) < 4.78 is 0. The standard InChI is InChI=1S/C18H32N2/c1-16(20-11-5-6-12-20)18-9-13-19(14-10-18)15-17-7-3-2-4-8-17/h2-3,16-18H,4-15H2,1H3/t16-,17+/m1/s1. The van der Waals surface area contributed by atoms with Crippen molar-refractivity contribution in [2.24, 2.45) is 11.8 Å². The van der Waals surface area contributed by atoms with Gasteiger partial charge in [-0.3, -0.25) is 0 Å². The van der Waals surface area contributed by atoms with Gasteiger partial charge in [0.2, 0.25) is 0 Å². The number of piperidine rings is 1. The Balaban J connectivity index is 1.41. The molecule has 0 N–H and O–H groups in total. The van der Waals surface area contributed by atoms with Crippen LogP contribution in [0.1, 0.15) is 51.9 Å². The first-order valence-corrected chi connectivity index (χ1v) is 8.94. The molecule has 0 spiro atoms. The molecule has 20 heavy (non-hydrogen) atoms. The summed E-state index contributed by atoms with van der Waals surface area (Å²) in [5.41, 5.74) is 0. The van der Waals surface area contributed by atoms with Crippen LogP contribution in [0.5, 0.6) is 0 Å². The summed E-state index contributed by atoms with van der Waals surface area (Å²) in [5, 5.41) is 0. The molecule has 0 aromatic carbocycles. The lowest BCUT2D eigenvalue weighted by molar-refractivity contribution is 0.101. The average Bonchev–Trinajstić information content (AvgIpc) is 3.03. The molecule has 2 heteroatoms. The number of rotatable bonds is 4. The van der Waals surface area contributed by atoms with E-state index in [9.17, 15) is 0 Å². The second kappa shape index (κ2) is 7.09. The molecule has 3 rings (SSSR count). The monoisotopic (exact) mass is 276 g/mol. The molecule has 0 amide bonds. The van der Waals surface area contributed by atoms with Crippen LogP contribution in [-0.4, -0.2) is 48.6 Å². The van der Waals surface area contributed by atoms with Crippen LogP contribution in [-0.2, 0) is 0 Å². The van der Waals surface area contributed by atoms with E-state index in [1.54, 1.807) is 0 Å². The Labute approximate surface area is 125 Å². The predicted molar refractivity (Wildman–Crippen MR) is 85.9 cm³/mol. The third kappa shape index (κ3) is 3.65. The van der Waals surface area contributed by atoms with Gasteiger partial charge in [0.25, 0.3) is 0 Å². The first-order valence-electron chi connectivity index (χ1n) is 8.94. The van der Waals surface area contributed by atoms with Crippen LogP contribution in [0.4, 0.5) is 0 Å². The molecule has 2 fully saturated rings. The van der Waals surface area contributed by atoms with Crippen molar-refractivity contribution < 1.29 is 0 Å². The number of allylic oxidation sites excluding steroid dienone is 2. The zero-order valence-electron chi connectivity index (χ0n) is 13.3. The molecule has 0 aromatic rings. The molecule has 2 heterocycles. The first kappa shape index (κ1) is 14.6. The fourth-order valence-electron chi connectivity index (χ4n) is 4.45. The molecule has 2 atom stereocenters. The summed E-state index contributed by atoms with van der Waals surface area (Å²) in [5.74, 6) is 1.89. The van der Waals surface area contributed by atoms with E-state index in [2.05, 4.69) is 28.9 Å². The van der Waals surface area contributed by atoms with E-state index >= 15 is 0 Å². The van der Waals surface area contributed by atoms with Crippen LogP contribution in [0.25, 0.3) is 0 Å². The highest BCUT2D eigenvalue weighted by Crippen LogP contribution is 2.28. The lowest BCUT2D eigenvalue weighted by atomic mass is 9.88. The molecule has 0 unspecified atom stereocenters. The van der Waals surface area contributed by atoms with Crippen molar-refractivity contribution in [1.29, 1.82) is 0 Å².